The van der Waals surface area contributed by atoms with Crippen molar-refractivity contribution in [1.29, 1.82) is 0 Å². The summed E-state index contributed by atoms with van der Waals surface area (Å²) in [6.45, 7) is 2.17. The molecule has 0 spiro atoms. The Morgan fingerprint density at radius 2 is 2.15 bits per heavy atom. The van der Waals surface area contributed by atoms with Crippen LogP contribution >= 0.6 is 0 Å². The van der Waals surface area contributed by atoms with E-state index in [9.17, 15) is 9.18 Å². The van der Waals surface area contributed by atoms with Gasteiger partial charge in [0.1, 0.15) is 5.82 Å². The highest BCUT2D eigenvalue weighted by Gasteiger charge is 2.35. The highest BCUT2D eigenvalue weighted by molar-refractivity contribution is 5.69. The summed E-state index contributed by atoms with van der Waals surface area (Å²) in [7, 11) is 0. The molecule has 2 rings (SSSR count). The SMILES string of the molecule is CCOC(=O)CC1CCCC(N)C1c1ccccc1F. The quantitative estimate of drug-likeness (QED) is 0.862. The first kappa shape index (κ1) is 15.0. The number of benzene rings is 1. The van der Waals surface area contributed by atoms with E-state index in [-0.39, 0.29) is 29.7 Å². The summed E-state index contributed by atoms with van der Waals surface area (Å²) in [6.07, 6.45) is 3.07. The fraction of sp³-hybridized carbons (Fsp3) is 0.562. The molecule has 0 saturated heterocycles. The number of carbonyl (C=O) groups excluding carboxylic acids is 1. The average Bonchev–Trinajstić information content (AvgIpc) is 2.41. The Morgan fingerprint density at radius 1 is 1.40 bits per heavy atom. The summed E-state index contributed by atoms with van der Waals surface area (Å²) in [6, 6.07) is 6.64. The molecule has 1 aliphatic carbocycles. The van der Waals surface area contributed by atoms with Crippen molar-refractivity contribution >= 4 is 5.97 Å². The van der Waals surface area contributed by atoms with Crippen LogP contribution in [0.1, 0.15) is 44.1 Å². The Bertz CT molecular complexity index is 464. The maximum absolute atomic E-state index is 14.0. The molecule has 20 heavy (non-hydrogen) atoms. The van der Waals surface area contributed by atoms with Gasteiger partial charge in [0.05, 0.1) is 6.61 Å². The van der Waals surface area contributed by atoms with E-state index >= 15 is 0 Å². The highest BCUT2D eigenvalue weighted by atomic mass is 19.1. The van der Waals surface area contributed by atoms with E-state index in [0.29, 0.717) is 18.6 Å². The van der Waals surface area contributed by atoms with E-state index in [0.717, 1.165) is 19.3 Å². The van der Waals surface area contributed by atoms with Gasteiger partial charge in [0.2, 0.25) is 0 Å². The fourth-order valence-electron chi connectivity index (χ4n) is 3.22. The summed E-state index contributed by atoms with van der Waals surface area (Å²) in [5, 5.41) is 0. The number of halogens is 1. The van der Waals surface area contributed by atoms with Crippen molar-refractivity contribution in [2.75, 3.05) is 6.61 Å². The van der Waals surface area contributed by atoms with Gasteiger partial charge in [-0.25, -0.2) is 4.39 Å². The standard InChI is InChI=1S/C16H22FNO2/c1-2-20-15(19)10-11-6-5-9-14(18)16(11)12-7-3-4-8-13(12)17/h3-4,7-8,11,14,16H,2,5-6,9-10,18H2,1H3. The molecule has 0 heterocycles. The van der Waals surface area contributed by atoms with Crippen LogP contribution in [0.25, 0.3) is 0 Å². The number of ether oxygens (including phenoxy) is 1. The lowest BCUT2D eigenvalue weighted by Gasteiger charge is -2.36. The molecular weight excluding hydrogens is 257 g/mol. The molecule has 0 aliphatic heterocycles. The van der Waals surface area contributed by atoms with E-state index in [1.54, 1.807) is 19.1 Å². The molecule has 3 unspecified atom stereocenters. The van der Waals surface area contributed by atoms with Crippen molar-refractivity contribution < 1.29 is 13.9 Å². The van der Waals surface area contributed by atoms with Crippen LogP contribution in [0.2, 0.25) is 0 Å². The molecule has 1 aromatic carbocycles. The van der Waals surface area contributed by atoms with E-state index in [4.69, 9.17) is 10.5 Å². The minimum Gasteiger partial charge on any atom is -0.466 e. The van der Waals surface area contributed by atoms with Crippen molar-refractivity contribution in [3.8, 4) is 0 Å². The van der Waals surface area contributed by atoms with E-state index in [2.05, 4.69) is 0 Å². The lowest BCUT2D eigenvalue weighted by Crippen LogP contribution is -2.38. The summed E-state index contributed by atoms with van der Waals surface area (Å²) in [4.78, 5) is 11.7. The van der Waals surface area contributed by atoms with E-state index < -0.39 is 0 Å². The third kappa shape index (κ3) is 3.37. The van der Waals surface area contributed by atoms with Crippen LogP contribution in [0.15, 0.2) is 24.3 Å². The number of carbonyl (C=O) groups is 1. The molecule has 4 heteroatoms. The van der Waals surface area contributed by atoms with Crippen LogP contribution in [0.4, 0.5) is 4.39 Å². The molecule has 2 N–H and O–H groups in total. The van der Waals surface area contributed by atoms with Gasteiger partial charge in [0.25, 0.3) is 0 Å². The van der Waals surface area contributed by atoms with Gasteiger partial charge in [-0.1, -0.05) is 24.6 Å². The van der Waals surface area contributed by atoms with Gasteiger partial charge in [0.15, 0.2) is 0 Å². The minimum absolute atomic E-state index is 0.0645. The Balaban J connectivity index is 2.20. The minimum atomic E-state index is -0.233. The number of rotatable bonds is 4. The average molecular weight is 279 g/mol. The third-order valence-electron chi connectivity index (χ3n) is 4.08. The first-order valence-electron chi connectivity index (χ1n) is 7.29. The smallest absolute Gasteiger partial charge is 0.306 e. The normalized spacial score (nSPS) is 26.2. The topological polar surface area (TPSA) is 52.3 Å². The van der Waals surface area contributed by atoms with Gasteiger partial charge >= 0.3 is 5.97 Å². The lowest BCUT2D eigenvalue weighted by atomic mass is 9.71. The summed E-state index contributed by atoms with van der Waals surface area (Å²) in [5.74, 6) is -0.485. The zero-order valence-corrected chi connectivity index (χ0v) is 11.8. The Hall–Kier alpha value is -1.42. The second-order valence-electron chi connectivity index (χ2n) is 5.41. The molecule has 1 aromatic rings. The first-order chi connectivity index (χ1) is 9.63. The fourth-order valence-corrected chi connectivity index (χ4v) is 3.22. The van der Waals surface area contributed by atoms with Gasteiger partial charge in [-0.05, 0) is 37.3 Å². The first-order valence-corrected chi connectivity index (χ1v) is 7.29. The Morgan fingerprint density at radius 3 is 2.85 bits per heavy atom. The number of esters is 1. The van der Waals surface area contributed by atoms with Crippen LogP contribution in [0.5, 0.6) is 0 Å². The van der Waals surface area contributed by atoms with Gasteiger partial charge in [-0.15, -0.1) is 0 Å². The second-order valence-corrected chi connectivity index (χ2v) is 5.41. The predicted molar refractivity (Wildman–Crippen MR) is 75.7 cm³/mol. The van der Waals surface area contributed by atoms with Crippen molar-refractivity contribution in [1.82, 2.24) is 0 Å². The van der Waals surface area contributed by atoms with Gasteiger partial charge < -0.3 is 10.5 Å². The van der Waals surface area contributed by atoms with Crippen LogP contribution in [0, 0.1) is 11.7 Å². The highest BCUT2D eigenvalue weighted by Crippen LogP contribution is 2.40. The van der Waals surface area contributed by atoms with Crippen LogP contribution in [-0.2, 0) is 9.53 Å². The summed E-state index contributed by atoms with van der Waals surface area (Å²) >= 11 is 0. The predicted octanol–water partition coefficient (Wildman–Crippen LogP) is 2.99. The summed E-state index contributed by atoms with van der Waals surface area (Å²) < 4.78 is 19.1. The maximum Gasteiger partial charge on any atom is 0.306 e. The molecule has 3 nitrogen and oxygen atoms in total. The Kier molecular flexibility index (Phi) is 5.12. The number of hydrogen-bond acceptors (Lipinski definition) is 3. The number of hydrogen-bond donors (Lipinski definition) is 1. The van der Waals surface area contributed by atoms with Crippen molar-refractivity contribution in [3.05, 3.63) is 35.6 Å². The Labute approximate surface area is 119 Å². The molecule has 1 saturated carbocycles. The molecule has 0 aromatic heterocycles. The second kappa shape index (κ2) is 6.84. The molecule has 0 bridgehead atoms. The van der Waals surface area contributed by atoms with E-state index in [1.807, 2.05) is 6.07 Å². The molecule has 0 radical (unpaired) electrons. The molecule has 1 aliphatic rings. The zero-order valence-electron chi connectivity index (χ0n) is 11.8. The monoisotopic (exact) mass is 279 g/mol. The van der Waals surface area contributed by atoms with E-state index in [1.165, 1.54) is 6.07 Å². The van der Waals surface area contributed by atoms with Crippen molar-refractivity contribution in [3.63, 3.8) is 0 Å². The van der Waals surface area contributed by atoms with Crippen molar-refractivity contribution in [2.24, 2.45) is 11.7 Å². The summed E-state index contributed by atoms with van der Waals surface area (Å²) in [5.41, 5.74) is 6.83. The molecule has 1 fully saturated rings. The van der Waals surface area contributed by atoms with Crippen LogP contribution < -0.4 is 5.73 Å². The third-order valence-corrected chi connectivity index (χ3v) is 4.08. The van der Waals surface area contributed by atoms with Gasteiger partial charge in [-0.2, -0.15) is 0 Å². The molecule has 3 atom stereocenters. The van der Waals surface area contributed by atoms with Crippen LogP contribution in [-0.4, -0.2) is 18.6 Å². The zero-order chi connectivity index (χ0) is 14.5. The van der Waals surface area contributed by atoms with Gasteiger partial charge in [0, 0.05) is 18.4 Å². The van der Waals surface area contributed by atoms with Gasteiger partial charge in [-0.3, -0.25) is 4.79 Å². The molecule has 110 valence electrons. The maximum atomic E-state index is 14.0. The van der Waals surface area contributed by atoms with Crippen LogP contribution in [0.3, 0.4) is 0 Å². The number of nitrogens with two attached hydrogens (primary N) is 1. The lowest BCUT2D eigenvalue weighted by molar-refractivity contribution is -0.144. The molecule has 0 amide bonds. The largest absolute Gasteiger partial charge is 0.466 e. The van der Waals surface area contributed by atoms with Crippen molar-refractivity contribution in [2.45, 2.75) is 44.6 Å². The molecular formula is C16H22FNO2.